The van der Waals surface area contributed by atoms with E-state index in [2.05, 4.69) is 16.7 Å². The van der Waals surface area contributed by atoms with Crippen molar-refractivity contribution in [3.63, 3.8) is 0 Å². The average molecular weight is 368 g/mol. The molecule has 0 aromatic heterocycles. The molecular weight excluding hydrogens is 350 g/mol. The highest BCUT2D eigenvalue weighted by atomic mass is 35.5. The van der Waals surface area contributed by atoms with Crippen molar-refractivity contribution in [3.8, 4) is 6.07 Å². The van der Waals surface area contributed by atoms with Crippen molar-refractivity contribution >= 4 is 27.3 Å². The number of sulfone groups is 1. The minimum atomic E-state index is -3.62. The van der Waals surface area contributed by atoms with E-state index in [1.165, 1.54) is 12.1 Å². The second-order valence-corrected chi connectivity index (χ2v) is 8.93. The number of nitrogens with zero attached hydrogens (tertiary/aromatic N) is 1. The highest BCUT2D eigenvalue weighted by molar-refractivity contribution is 7.92. The van der Waals surface area contributed by atoms with Crippen molar-refractivity contribution in [1.82, 2.24) is 10.6 Å². The lowest BCUT2D eigenvalue weighted by molar-refractivity contribution is -0.124. The van der Waals surface area contributed by atoms with Crippen LogP contribution in [-0.2, 0) is 14.6 Å². The highest BCUT2D eigenvalue weighted by Crippen LogP contribution is 2.32. The Kier molecular flexibility index (Phi) is 4.56. The van der Waals surface area contributed by atoms with Crippen LogP contribution in [0.1, 0.15) is 25.7 Å². The molecule has 1 heterocycles. The second kappa shape index (κ2) is 6.36. The number of benzene rings is 1. The monoisotopic (exact) mass is 367 g/mol. The highest BCUT2D eigenvalue weighted by Gasteiger charge is 2.43. The van der Waals surface area contributed by atoms with Crippen molar-refractivity contribution in [3.05, 3.63) is 29.3 Å². The van der Waals surface area contributed by atoms with E-state index in [0.29, 0.717) is 12.8 Å². The van der Waals surface area contributed by atoms with Gasteiger partial charge in [-0.2, -0.15) is 5.26 Å². The van der Waals surface area contributed by atoms with Gasteiger partial charge in [0.05, 0.1) is 27.3 Å². The number of nitriles is 1. The lowest BCUT2D eigenvalue weighted by atomic mass is 9.78. The Morgan fingerprint density at radius 1 is 1.38 bits per heavy atom. The number of halogens is 1. The molecule has 2 fully saturated rings. The zero-order chi connectivity index (χ0) is 17.4. The number of carbonyl (C=O) groups excluding carboxylic acids is 1. The molecule has 2 atom stereocenters. The predicted molar refractivity (Wildman–Crippen MR) is 89.2 cm³/mol. The van der Waals surface area contributed by atoms with E-state index in [9.17, 15) is 18.5 Å². The fraction of sp³-hybridized carbons (Fsp3) is 0.500. The molecule has 1 amide bonds. The zero-order valence-corrected chi connectivity index (χ0v) is 14.5. The smallest absolute Gasteiger partial charge is 0.238 e. The largest absolute Gasteiger partial charge is 0.336 e. The van der Waals surface area contributed by atoms with Gasteiger partial charge in [0.25, 0.3) is 0 Å². The number of carbonyl (C=O) groups is 1. The van der Waals surface area contributed by atoms with Gasteiger partial charge in [0, 0.05) is 6.54 Å². The van der Waals surface area contributed by atoms with E-state index in [1.807, 2.05) is 0 Å². The maximum Gasteiger partial charge on any atom is 0.238 e. The summed E-state index contributed by atoms with van der Waals surface area (Å²) in [5, 5.41) is 14.4. The lowest BCUT2D eigenvalue weighted by Crippen LogP contribution is -2.56. The van der Waals surface area contributed by atoms with E-state index in [0.717, 1.165) is 6.42 Å². The molecule has 2 aliphatic rings. The Balaban J connectivity index is 1.70. The topological polar surface area (TPSA) is 99.1 Å². The molecule has 1 saturated carbocycles. The molecule has 2 unspecified atom stereocenters. The first-order valence-corrected chi connectivity index (χ1v) is 9.75. The fourth-order valence-electron chi connectivity index (χ4n) is 3.11. The Labute approximate surface area is 146 Å². The van der Waals surface area contributed by atoms with Crippen LogP contribution in [0.3, 0.4) is 0 Å². The summed E-state index contributed by atoms with van der Waals surface area (Å²) in [6, 6.07) is 7.84. The molecule has 24 heavy (non-hydrogen) atoms. The quantitative estimate of drug-likeness (QED) is 0.838. The molecule has 1 aromatic rings. The van der Waals surface area contributed by atoms with Crippen molar-refractivity contribution in [2.75, 3.05) is 6.54 Å². The molecule has 1 saturated heterocycles. The maximum atomic E-state index is 12.7. The van der Waals surface area contributed by atoms with E-state index in [1.54, 1.807) is 12.1 Å². The van der Waals surface area contributed by atoms with Crippen LogP contribution in [0, 0.1) is 11.3 Å². The van der Waals surface area contributed by atoms with Gasteiger partial charge in [-0.3, -0.25) is 4.79 Å². The first-order valence-electron chi connectivity index (χ1n) is 7.83. The van der Waals surface area contributed by atoms with Crippen LogP contribution >= 0.6 is 11.6 Å². The Hall–Kier alpha value is -1.62. The average Bonchev–Trinajstić information content (AvgIpc) is 3.02. The number of nitrogens with one attached hydrogen (secondary N) is 2. The van der Waals surface area contributed by atoms with Gasteiger partial charge in [0.15, 0.2) is 9.84 Å². The van der Waals surface area contributed by atoms with Gasteiger partial charge in [-0.1, -0.05) is 23.7 Å². The van der Waals surface area contributed by atoms with Crippen LogP contribution in [0.5, 0.6) is 0 Å². The molecule has 0 spiro atoms. The number of hydrogen-bond donors (Lipinski definition) is 2. The van der Waals surface area contributed by atoms with E-state index in [-0.39, 0.29) is 28.8 Å². The van der Waals surface area contributed by atoms with Gasteiger partial charge < -0.3 is 10.6 Å². The molecule has 1 aliphatic heterocycles. The Morgan fingerprint density at radius 3 is 2.67 bits per heavy atom. The molecule has 2 N–H and O–H groups in total. The molecule has 1 aliphatic carbocycles. The summed E-state index contributed by atoms with van der Waals surface area (Å²) < 4.78 is 25.4. The van der Waals surface area contributed by atoms with Crippen LogP contribution in [0.25, 0.3) is 0 Å². The third kappa shape index (κ3) is 3.02. The summed E-state index contributed by atoms with van der Waals surface area (Å²) in [7, 11) is -3.62. The predicted octanol–water partition coefficient (Wildman–Crippen LogP) is 1.41. The summed E-state index contributed by atoms with van der Waals surface area (Å²) in [6.45, 7) is 0.186. The van der Waals surface area contributed by atoms with Gasteiger partial charge in [-0.25, -0.2) is 8.42 Å². The molecular formula is C16H18ClN3O3S. The first kappa shape index (κ1) is 17.2. The van der Waals surface area contributed by atoms with Crippen molar-refractivity contribution < 1.29 is 13.2 Å². The fourth-order valence-corrected chi connectivity index (χ4v) is 5.30. The van der Waals surface area contributed by atoms with Crippen molar-refractivity contribution in [2.45, 2.75) is 47.4 Å². The number of amides is 1. The molecule has 1 aromatic carbocycles. The molecule has 6 nitrogen and oxygen atoms in total. The summed E-state index contributed by atoms with van der Waals surface area (Å²) in [4.78, 5) is 12.4. The van der Waals surface area contributed by atoms with E-state index >= 15 is 0 Å². The number of rotatable bonds is 4. The third-order valence-corrected chi connectivity index (χ3v) is 7.42. The van der Waals surface area contributed by atoms with Crippen molar-refractivity contribution in [2.24, 2.45) is 0 Å². The van der Waals surface area contributed by atoms with Gasteiger partial charge in [0.1, 0.15) is 5.54 Å². The van der Waals surface area contributed by atoms with Gasteiger partial charge in [-0.15, -0.1) is 0 Å². The Bertz CT molecular complexity index is 799. The minimum absolute atomic E-state index is 0.0898. The van der Waals surface area contributed by atoms with Gasteiger partial charge >= 0.3 is 0 Å². The third-order valence-electron chi connectivity index (χ3n) is 4.77. The first-order chi connectivity index (χ1) is 11.4. The molecule has 0 radical (unpaired) electrons. The molecule has 8 heteroatoms. The van der Waals surface area contributed by atoms with Crippen LogP contribution in [0.15, 0.2) is 29.2 Å². The standard InChI is InChI=1S/C16H18ClN3O3S/c17-12-4-1-2-5-14(12)24(22,23)11-8-13(19-9-11)15(21)20-16(10-18)6-3-7-16/h1-2,4-5,11,13,19H,3,6-9H2,(H,20,21). The van der Waals surface area contributed by atoms with Gasteiger partial charge in [0.2, 0.25) is 5.91 Å². The molecule has 128 valence electrons. The van der Waals surface area contributed by atoms with Crippen LogP contribution in [-0.4, -0.2) is 37.7 Å². The molecule has 3 rings (SSSR count). The summed E-state index contributed by atoms with van der Waals surface area (Å²) in [5.74, 6) is -0.312. The maximum absolute atomic E-state index is 12.7. The summed E-state index contributed by atoms with van der Waals surface area (Å²) >= 11 is 6.00. The molecule has 0 bridgehead atoms. The van der Waals surface area contributed by atoms with Crippen molar-refractivity contribution in [1.29, 1.82) is 5.26 Å². The zero-order valence-electron chi connectivity index (χ0n) is 13.0. The van der Waals surface area contributed by atoms with Crippen LogP contribution in [0.4, 0.5) is 0 Å². The van der Waals surface area contributed by atoms with E-state index in [4.69, 9.17) is 11.6 Å². The van der Waals surface area contributed by atoms with E-state index < -0.39 is 26.7 Å². The summed E-state index contributed by atoms with van der Waals surface area (Å²) in [6.07, 6.45) is 2.36. The second-order valence-electron chi connectivity index (χ2n) is 6.33. The SMILES string of the molecule is N#CC1(NC(=O)C2CC(S(=O)(=O)c3ccccc3Cl)CN2)CCC1. The Morgan fingerprint density at radius 2 is 2.08 bits per heavy atom. The summed E-state index contributed by atoms with van der Waals surface area (Å²) in [5.41, 5.74) is -0.779. The lowest BCUT2D eigenvalue weighted by Gasteiger charge is -2.36. The minimum Gasteiger partial charge on any atom is -0.336 e. The number of hydrogen-bond acceptors (Lipinski definition) is 5. The van der Waals surface area contributed by atoms with Crippen LogP contribution < -0.4 is 10.6 Å². The normalized spacial score (nSPS) is 25.5. The van der Waals surface area contributed by atoms with Crippen LogP contribution in [0.2, 0.25) is 5.02 Å². The van der Waals surface area contributed by atoms with Gasteiger partial charge in [-0.05, 0) is 37.8 Å².